The van der Waals surface area contributed by atoms with Crippen LogP contribution in [-0.2, 0) is 11.3 Å². The highest BCUT2D eigenvalue weighted by atomic mass is 16.2. The summed E-state index contributed by atoms with van der Waals surface area (Å²) in [5.41, 5.74) is 5.33. The number of anilines is 1. The number of hydrogen-bond donors (Lipinski definition) is 2. The maximum Gasteiger partial charge on any atom is 0.246 e. The number of carbonyl (C=O) groups excluding carboxylic acids is 1. The largest absolute Gasteiger partial charge is 0.324 e. The van der Waals surface area contributed by atoms with E-state index in [2.05, 4.69) is 29.7 Å². The molecule has 2 N–H and O–H groups in total. The number of rotatable bonds is 6. The Morgan fingerprint density at radius 2 is 1.50 bits per heavy atom. The van der Waals surface area contributed by atoms with Gasteiger partial charge in [0.15, 0.2) is 0 Å². The third-order valence-corrected chi connectivity index (χ3v) is 4.47. The Morgan fingerprint density at radius 3 is 2.19 bits per heavy atom. The lowest BCUT2D eigenvalue weighted by molar-refractivity contribution is -0.118. The maximum atomic E-state index is 12.9. The molecular formula is C23H24N2O. The highest BCUT2D eigenvalue weighted by molar-refractivity contribution is 5.95. The van der Waals surface area contributed by atoms with Crippen molar-refractivity contribution in [2.24, 2.45) is 0 Å². The van der Waals surface area contributed by atoms with Crippen molar-refractivity contribution in [3.63, 3.8) is 0 Å². The van der Waals surface area contributed by atoms with Crippen LogP contribution in [0.25, 0.3) is 0 Å². The predicted molar refractivity (Wildman–Crippen MR) is 107 cm³/mol. The summed E-state index contributed by atoms with van der Waals surface area (Å²) in [6.45, 7) is 4.75. The lowest BCUT2D eigenvalue weighted by Gasteiger charge is -2.20. The van der Waals surface area contributed by atoms with E-state index in [1.165, 1.54) is 16.7 Å². The van der Waals surface area contributed by atoms with Gasteiger partial charge in [-0.3, -0.25) is 10.1 Å². The minimum absolute atomic E-state index is 0.0614. The first-order valence-electron chi connectivity index (χ1n) is 8.84. The number of hydrogen-bond acceptors (Lipinski definition) is 2. The molecule has 0 bridgehead atoms. The highest BCUT2D eigenvalue weighted by Gasteiger charge is 2.20. The van der Waals surface area contributed by atoms with Crippen LogP contribution in [0.3, 0.4) is 0 Å². The van der Waals surface area contributed by atoms with Crippen molar-refractivity contribution in [3.8, 4) is 0 Å². The molecule has 0 aliphatic heterocycles. The van der Waals surface area contributed by atoms with Crippen LogP contribution in [0.15, 0.2) is 78.9 Å². The van der Waals surface area contributed by atoms with Crippen LogP contribution >= 0.6 is 0 Å². The molecule has 0 aliphatic rings. The lowest BCUT2D eigenvalue weighted by atomic mass is 10.0. The Hall–Kier alpha value is -2.91. The van der Waals surface area contributed by atoms with Gasteiger partial charge in [0, 0.05) is 12.2 Å². The third-order valence-electron chi connectivity index (χ3n) is 4.47. The Morgan fingerprint density at radius 1 is 0.846 bits per heavy atom. The predicted octanol–water partition coefficient (Wildman–Crippen LogP) is 4.77. The molecule has 3 aromatic carbocycles. The van der Waals surface area contributed by atoms with E-state index in [0.717, 1.165) is 11.3 Å². The molecule has 132 valence electrons. The maximum absolute atomic E-state index is 12.9. The number of benzene rings is 3. The zero-order valence-corrected chi connectivity index (χ0v) is 15.2. The van der Waals surface area contributed by atoms with Crippen molar-refractivity contribution < 1.29 is 4.79 Å². The Bertz CT molecular complexity index is 857. The average Bonchev–Trinajstić information content (AvgIpc) is 2.66. The minimum atomic E-state index is -0.419. The quantitative estimate of drug-likeness (QED) is 0.676. The molecule has 0 saturated heterocycles. The molecule has 0 aromatic heterocycles. The summed E-state index contributed by atoms with van der Waals surface area (Å²) >= 11 is 0. The van der Waals surface area contributed by atoms with E-state index in [1.54, 1.807) is 0 Å². The second-order valence-electron chi connectivity index (χ2n) is 6.51. The molecule has 1 unspecified atom stereocenters. The number of nitrogens with one attached hydrogen (secondary N) is 2. The molecule has 0 saturated carbocycles. The smallest absolute Gasteiger partial charge is 0.246 e. The summed E-state index contributed by atoms with van der Waals surface area (Å²) in [4.78, 5) is 12.9. The van der Waals surface area contributed by atoms with Crippen molar-refractivity contribution in [3.05, 3.63) is 101 Å². The summed E-state index contributed by atoms with van der Waals surface area (Å²) in [5, 5.41) is 6.43. The number of amides is 1. The van der Waals surface area contributed by atoms with E-state index in [1.807, 2.05) is 73.7 Å². The van der Waals surface area contributed by atoms with Crippen LogP contribution in [-0.4, -0.2) is 5.91 Å². The van der Waals surface area contributed by atoms with Crippen LogP contribution in [0.5, 0.6) is 0 Å². The van der Waals surface area contributed by atoms with E-state index < -0.39 is 6.04 Å². The van der Waals surface area contributed by atoms with Gasteiger partial charge in [0.25, 0.3) is 0 Å². The molecule has 26 heavy (non-hydrogen) atoms. The first-order valence-corrected chi connectivity index (χ1v) is 8.84. The van der Waals surface area contributed by atoms with Gasteiger partial charge in [-0.1, -0.05) is 72.3 Å². The monoisotopic (exact) mass is 344 g/mol. The third kappa shape index (κ3) is 4.58. The van der Waals surface area contributed by atoms with Gasteiger partial charge in [-0.2, -0.15) is 0 Å². The van der Waals surface area contributed by atoms with Gasteiger partial charge >= 0.3 is 0 Å². The first-order chi connectivity index (χ1) is 12.6. The average molecular weight is 344 g/mol. The SMILES string of the molecule is Cc1ccc(NC(=O)C(NCc2ccccc2C)c2ccccc2)cc1. The lowest BCUT2D eigenvalue weighted by Crippen LogP contribution is -2.32. The van der Waals surface area contributed by atoms with E-state index in [9.17, 15) is 4.79 Å². The molecule has 1 amide bonds. The summed E-state index contributed by atoms with van der Waals surface area (Å²) in [6.07, 6.45) is 0. The van der Waals surface area contributed by atoms with Gasteiger partial charge in [-0.15, -0.1) is 0 Å². The summed E-state index contributed by atoms with van der Waals surface area (Å²) in [7, 11) is 0. The summed E-state index contributed by atoms with van der Waals surface area (Å²) in [6, 6.07) is 25.5. The second-order valence-corrected chi connectivity index (χ2v) is 6.51. The standard InChI is InChI=1S/C23H24N2O/c1-17-12-14-21(15-13-17)25-23(26)22(19-9-4-3-5-10-19)24-16-20-11-7-6-8-18(20)2/h3-15,22,24H,16H2,1-2H3,(H,25,26). The van der Waals surface area contributed by atoms with E-state index in [-0.39, 0.29) is 5.91 Å². The molecule has 3 rings (SSSR count). The molecular weight excluding hydrogens is 320 g/mol. The Balaban J connectivity index is 1.78. The molecule has 3 aromatic rings. The summed E-state index contributed by atoms with van der Waals surface area (Å²) in [5.74, 6) is -0.0614. The fourth-order valence-electron chi connectivity index (χ4n) is 2.88. The van der Waals surface area contributed by atoms with Gasteiger partial charge in [0.1, 0.15) is 6.04 Å². The van der Waals surface area contributed by atoms with Crippen LogP contribution in [0.4, 0.5) is 5.69 Å². The first kappa shape index (κ1) is 17.9. The number of carbonyl (C=O) groups is 1. The number of aryl methyl sites for hydroxylation is 2. The van der Waals surface area contributed by atoms with Gasteiger partial charge in [0.2, 0.25) is 5.91 Å². The second kappa shape index (κ2) is 8.45. The van der Waals surface area contributed by atoms with E-state index in [4.69, 9.17) is 0 Å². The van der Waals surface area contributed by atoms with Crippen LogP contribution in [0.1, 0.15) is 28.3 Å². The van der Waals surface area contributed by atoms with Crippen LogP contribution in [0.2, 0.25) is 0 Å². The van der Waals surface area contributed by atoms with Crippen LogP contribution < -0.4 is 10.6 Å². The molecule has 0 fully saturated rings. The van der Waals surface area contributed by atoms with Crippen molar-refractivity contribution in [1.82, 2.24) is 5.32 Å². The molecule has 0 spiro atoms. The van der Waals surface area contributed by atoms with Crippen molar-refractivity contribution in [2.45, 2.75) is 26.4 Å². The van der Waals surface area contributed by atoms with Gasteiger partial charge in [-0.05, 0) is 42.7 Å². The van der Waals surface area contributed by atoms with E-state index >= 15 is 0 Å². The molecule has 0 aliphatic carbocycles. The van der Waals surface area contributed by atoms with Crippen molar-refractivity contribution in [1.29, 1.82) is 0 Å². The fourth-order valence-corrected chi connectivity index (χ4v) is 2.88. The normalized spacial score (nSPS) is 11.8. The summed E-state index contributed by atoms with van der Waals surface area (Å²) < 4.78 is 0. The van der Waals surface area contributed by atoms with E-state index in [0.29, 0.717) is 6.54 Å². The van der Waals surface area contributed by atoms with Crippen molar-refractivity contribution >= 4 is 11.6 Å². The molecule has 1 atom stereocenters. The van der Waals surface area contributed by atoms with Crippen LogP contribution in [0, 0.1) is 13.8 Å². The van der Waals surface area contributed by atoms with Crippen molar-refractivity contribution in [2.75, 3.05) is 5.32 Å². The highest BCUT2D eigenvalue weighted by Crippen LogP contribution is 2.18. The van der Waals surface area contributed by atoms with Gasteiger partial charge < -0.3 is 5.32 Å². The molecule has 3 nitrogen and oxygen atoms in total. The zero-order valence-electron chi connectivity index (χ0n) is 15.2. The fraction of sp³-hybridized carbons (Fsp3) is 0.174. The molecule has 3 heteroatoms. The Kier molecular flexibility index (Phi) is 5.82. The Labute approximate surface area is 155 Å². The minimum Gasteiger partial charge on any atom is -0.324 e. The van der Waals surface area contributed by atoms with Gasteiger partial charge in [-0.25, -0.2) is 0 Å². The molecule has 0 heterocycles. The van der Waals surface area contributed by atoms with Gasteiger partial charge in [0.05, 0.1) is 0 Å². The molecule has 0 radical (unpaired) electrons. The topological polar surface area (TPSA) is 41.1 Å². The zero-order chi connectivity index (χ0) is 18.4.